The molecule has 0 spiro atoms. The molecule has 2 aromatic carbocycles. The van der Waals surface area contributed by atoms with E-state index in [9.17, 15) is 4.79 Å². The summed E-state index contributed by atoms with van der Waals surface area (Å²) in [6, 6.07) is 14.7. The second kappa shape index (κ2) is 8.58. The van der Waals surface area contributed by atoms with Gasteiger partial charge in [-0.15, -0.1) is 0 Å². The molecular formula is C24H30N4O2. The molecule has 6 nitrogen and oxygen atoms in total. The topological polar surface area (TPSA) is 59.4 Å². The van der Waals surface area contributed by atoms with E-state index < -0.39 is 0 Å². The lowest BCUT2D eigenvalue weighted by Gasteiger charge is -2.21. The standard InChI is InChI=1S/C24H30N4O2/c1-16(2)27-12-11-19(14-27)26-24(29)21-10-9-20(13-18(21)15-30-4)28-17(3)25-22-7-5-6-8-23(22)28/h5-10,13,16,19H,11-12,14-15H2,1-4H3,(H,26,29). The van der Waals surface area contributed by atoms with E-state index in [0.29, 0.717) is 18.2 Å². The summed E-state index contributed by atoms with van der Waals surface area (Å²) >= 11 is 0. The van der Waals surface area contributed by atoms with E-state index >= 15 is 0 Å². The summed E-state index contributed by atoms with van der Waals surface area (Å²) in [5, 5.41) is 3.22. The highest BCUT2D eigenvalue weighted by molar-refractivity contribution is 5.96. The number of rotatable bonds is 6. The van der Waals surface area contributed by atoms with E-state index in [2.05, 4.69) is 39.7 Å². The van der Waals surface area contributed by atoms with Crippen LogP contribution < -0.4 is 5.32 Å². The molecule has 1 aliphatic heterocycles. The van der Waals surface area contributed by atoms with E-state index in [1.165, 1.54) is 0 Å². The maximum Gasteiger partial charge on any atom is 0.251 e. The first-order valence-corrected chi connectivity index (χ1v) is 10.6. The number of hydrogen-bond donors (Lipinski definition) is 1. The normalized spacial score (nSPS) is 17.2. The molecule has 6 heteroatoms. The van der Waals surface area contributed by atoms with Gasteiger partial charge in [-0.25, -0.2) is 4.98 Å². The van der Waals surface area contributed by atoms with Gasteiger partial charge in [0.15, 0.2) is 0 Å². The van der Waals surface area contributed by atoms with Gasteiger partial charge in [0.25, 0.3) is 5.91 Å². The summed E-state index contributed by atoms with van der Waals surface area (Å²) in [6.07, 6.45) is 0.988. The molecule has 3 aromatic rings. The Balaban J connectivity index is 1.62. The van der Waals surface area contributed by atoms with E-state index in [4.69, 9.17) is 4.74 Å². The molecule has 1 atom stereocenters. The van der Waals surface area contributed by atoms with Gasteiger partial charge < -0.3 is 10.1 Å². The zero-order valence-corrected chi connectivity index (χ0v) is 18.2. The van der Waals surface area contributed by atoms with Crippen LogP contribution in [0.25, 0.3) is 16.7 Å². The van der Waals surface area contributed by atoms with Crippen molar-refractivity contribution >= 4 is 16.9 Å². The Morgan fingerprint density at radius 2 is 2.07 bits per heavy atom. The Kier molecular flexibility index (Phi) is 5.88. The van der Waals surface area contributed by atoms with Gasteiger partial charge in [-0.05, 0) is 63.1 Å². The molecule has 2 heterocycles. The fourth-order valence-electron chi connectivity index (χ4n) is 4.33. The molecule has 4 rings (SSSR count). The third-order valence-corrected chi connectivity index (χ3v) is 5.91. The van der Waals surface area contributed by atoms with Crippen LogP contribution in [0.2, 0.25) is 0 Å². The summed E-state index contributed by atoms with van der Waals surface area (Å²) in [5.74, 6) is 0.882. The first-order chi connectivity index (χ1) is 14.5. The van der Waals surface area contributed by atoms with Crippen molar-refractivity contribution in [3.8, 4) is 5.69 Å². The third-order valence-electron chi connectivity index (χ3n) is 5.91. The van der Waals surface area contributed by atoms with Crippen molar-refractivity contribution in [3.63, 3.8) is 0 Å². The number of imidazole rings is 1. The van der Waals surface area contributed by atoms with E-state index in [1.54, 1.807) is 7.11 Å². The summed E-state index contributed by atoms with van der Waals surface area (Å²) in [5.41, 5.74) is 4.54. The van der Waals surface area contributed by atoms with Gasteiger partial charge in [-0.2, -0.15) is 0 Å². The van der Waals surface area contributed by atoms with E-state index in [-0.39, 0.29) is 11.9 Å². The maximum atomic E-state index is 13.0. The van der Waals surface area contributed by atoms with Crippen molar-refractivity contribution < 1.29 is 9.53 Å². The monoisotopic (exact) mass is 406 g/mol. The largest absolute Gasteiger partial charge is 0.380 e. The van der Waals surface area contributed by atoms with Crippen molar-refractivity contribution in [1.82, 2.24) is 19.8 Å². The van der Waals surface area contributed by atoms with Crippen molar-refractivity contribution in [2.75, 3.05) is 20.2 Å². The minimum absolute atomic E-state index is 0.0311. The van der Waals surface area contributed by atoms with Crippen LogP contribution in [0, 0.1) is 6.92 Å². The number of aryl methyl sites for hydroxylation is 1. The number of nitrogens with one attached hydrogen (secondary N) is 1. The number of fused-ring (bicyclic) bond motifs is 1. The minimum Gasteiger partial charge on any atom is -0.380 e. The number of carbonyl (C=O) groups excluding carboxylic acids is 1. The summed E-state index contributed by atoms with van der Waals surface area (Å²) in [6.45, 7) is 8.70. The highest BCUT2D eigenvalue weighted by Crippen LogP contribution is 2.24. The van der Waals surface area contributed by atoms with Crippen LogP contribution in [0.15, 0.2) is 42.5 Å². The van der Waals surface area contributed by atoms with Gasteiger partial charge in [-0.3, -0.25) is 14.3 Å². The number of benzene rings is 2. The number of nitrogens with zero attached hydrogens (tertiary/aromatic N) is 3. The van der Waals surface area contributed by atoms with Crippen molar-refractivity contribution in [2.24, 2.45) is 0 Å². The first kappa shape index (κ1) is 20.6. The molecule has 1 aliphatic rings. The molecule has 1 N–H and O–H groups in total. The second-order valence-electron chi connectivity index (χ2n) is 8.31. The summed E-state index contributed by atoms with van der Waals surface area (Å²) in [7, 11) is 1.66. The Hall–Kier alpha value is -2.70. The third kappa shape index (κ3) is 3.98. The fraction of sp³-hybridized carbons (Fsp3) is 0.417. The number of hydrogen-bond acceptors (Lipinski definition) is 4. The quantitative estimate of drug-likeness (QED) is 0.678. The highest BCUT2D eigenvalue weighted by Gasteiger charge is 2.26. The average molecular weight is 407 g/mol. The molecule has 1 amide bonds. The Labute approximate surface area is 177 Å². The number of amides is 1. The number of likely N-dealkylation sites (tertiary alicyclic amines) is 1. The van der Waals surface area contributed by atoms with Crippen LogP contribution in [0.3, 0.4) is 0 Å². The zero-order chi connectivity index (χ0) is 21.3. The van der Waals surface area contributed by atoms with Crippen LogP contribution in [-0.4, -0.2) is 52.6 Å². The number of para-hydroxylation sites is 2. The van der Waals surface area contributed by atoms with Gasteiger partial charge in [0, 0.05) is 43.5 Å². The fourth-order valence-corrected chi connectivity index (χ4v) is 4.33. The van der Waals surface area contributed by atoms with Gasteiger partial charge >= 0.3 is 0 Å². The number of aromatic nitrogens is 2. The lowest BCUT2D eigenvalue weighted by atomic mass is 10.1. The Morgan fingerprint density at radius 1 is 1.27 bits per heavy atom. The molecule has 1 saturated heterocycles. The van der Waals surface area contributed by atoms with Crippen LogP contribution in [0.4, 0.5) is 0 Å². The van der Waals surface area contributed by atoms with Crippen LogP contribution in [-0.2, 0) is 11.3 Å². The molecule has 0 aliphatic carbocycles. The smallest absolute Gasteiger partial charge is 0.251 e. The van der Waals surface area contributed by atoms with E-state index in [0.717, 1.165) is 47.6 Å². The summed E-state index contributed by atoms with van der Waals surface area (Å²) < 4.78 is 7.53. The lowest BCUT2D eigenvalue weighted by molar-refractivity contribution is 0.0932. The molecule has 0 bridgehead atoms. The highest BCUT2D eigenvalue weighted by atomic mass is 16.5. The summed E-state index contributed by atoms with van der Waals surface area (Å²) in [4.78, 5) is 20.1. The molecule has 0 radical (unpaired) electrons. The van der Waals surface area contributed by atoms with Gasteiger partial charge in [0.2, 0.25) is 0 Å². The molecule has 0 saturated carbocycles. The first-order valence-electron chi connectivity index (χ1n) is 10.6. The molecule has 1 fully saturated rings. The van der Waals surface area contributed by atoms with Crippen LogP contribution >= 0.6 is 0 Å². The van der Waals surface area contributed by atoms with Crippen molar-refractivity contribution in [1.29, 1.82) is 0 Å². The predicted molar refractivity (Wildman–Crippen MR) is 119 cm³/mol. The van der Waals surface area contributed by atoms with Gasteiger partial charge in [0.1, 0.15) is 5.82 Å². The van der Waals surface area contributed by atoms with Crippen molar-refractivity contribution in [3.05, 3.63) is 59.4 Å². The van der Waals surface area contributed by atoms with Crippen LogP contribution in [0.5, 0.6) is 0 Å². The second-order valence-corrected chi connectivity index (χ2v) is 8.31. The molecule has 30 heavy (non-hydrogen) atoms. The lowest BCUT2D eigenvalue weighted by Crippen LogP contribution is -2.38. The molecule has 1 unspecified atom stereocenters. The van der Waals surface area contributed by atoms with Gasteiger partial charge in [-0.1, -0.05) is 12.1 Å². The number of methoxy groups -OCH3 is 1. The number of carbonyl (C=O) groups is 1. The minimum atomic E-state index is -0.0311. The van der Waals surface area contributed by atoms with Gasteiger partial charge in [0.05, 0.1) is 17.6 Å². The molecule has 158 valence electrons. The van der Waals surface area contributed by atoms with Crippen LogP contribution in [0.1, 0.15) is 42.0 Å². The predicted octanol–water partition coefficient (Wildman–Crippen LogP) is 3.69. The maximum absolute atomic E-state index is 13.0. The average Bonchev–Trinajstić information content (AvgIpc) is 3.31. The SMILES string of the molecule is COCc1cc(-n2c(C)nc3ccccc32)ccc1C(=O)NC1CCN(C(C)C)C1. The van der Waals surface area contributed by atoms with Crippen molar-refractivity contribution in [2.45, 2.75) is 45.9 Å². The molecular weight excluding hydrogens is 376 g/mol. The Bertz CT molecular complexity index is 1060. The molecule has 1 aromatic heterocycles. The Morgan fingerprint density at radius 3 is 2.80 bits per heavy atom. The van der Waals surface area contributed by atoms with E-state index in [1.807, 2.05) is 43.3 Å². The number of ether oxygens (including phenoxy) is 1. The zero-order valence-electron chi connectivity index (χ0n) is 18.2.